The van der Waals surface area contributed by atoms with Gasteiger partial charge in [-0.05, 0) is 24.6 Å². The SMILES string of the molecule is O=S1(=O)CCC(NCCSc2cc(Cl)ccc2Cl)C1. The first kappa shape index (κ1) is 15.4. The van der Waals surface area contributed by atoms with Gasteiger partial charge in [0.2, 0.25) is 0 Å². The predicted molar refractivity (Wildman–Crippen MR) is 82.2 cm³/mol. The van der Waals surface area contributed by atoms with Crippen molar-refractivity contribution in [3.63, 3.8) is 0 Å². The van der Waals surface area contributed by atoms with Crippen LogP contribution < -0.4 is 5.32 Å². The van der Waals surface area contributed by atoms with Crippen LogP contribution in [0.2, 0.25) is 10.0 Å². The molecule has 0 amide bonds. The number of hydrogen-bond donors (Lipinski definition) is 1. The largest absolute Gasteiger partial charge is 0.312 e. The lowest BCUT2D eigenvalue weighted by molar-refractivity contribution is 0.575. The molecule has 0 spiro atoms. The summed E-state index contributed by atoms with van der Waals surface area (Å²) in [4.78, 5) is 0.954. The number of benzene rings is 1. The average molecular weight is 340 g/mol. The Bertz CT molecular complexity index is 549. The van der Waals surface area contributed by atoms with E-state index in [0.717, 1.165) is 17.2 Å². The van der Waals surface area contributed by atoms with E-state index in [4.69, 9.17) is 23.2 Å². The predicted octanol–water partition coefficient (Wildman–Crippen LogP) is 2.86. The summed E-state index contributed by atoms with van der Waals surface area (Å²) in [6, 6.07) is 5.48. The minimum absolute atomic E-state index is 0.0976. The van der Waals surface area contributed by atoms with Crippen molar-refractivity contribution in [1.29, 1.82) is 0 Å². The van der Waals surface area contributed by atoms with E-state index in [-0.39, 0.29) is 11.8 Å². The van der Waals surface area contributed by atoms with Crippen molar-refractivity contribution in [2.75, 3.05) is 23.8 Å². The molecule has 1 aliphatic rings. The lowest BCUT2D eigenvalue weighted by atomic mass is 10.3. The molecule has 1 aliphatic heterocycles. The van der Waals surface area contributed by atoms with E-state index in [1.165, 1.54) is 0 Å². The lowest BCUT2D eigenvalue weighted by Crippen LogP contribution is -2.31. The van der Waals surface area contributed by atoms with Crippen LogP contribution in [0.3, 0.4) is 0 Å². The van der Waals surface area contributed by atoms with Crippen LogP contribution in [-0.2, 0) is 9.84 Å². The zero-order valence-electron chi connectivity index (χ0n) is 10.2. The van der Waals surface area contributed by atoms with Crippen molar-refractivity contribution in [3.05, 3.63) is 28.2 Å². The van der Waals surface area contributed by atoms with Gasteiger partial charge in [-0.15, -0.1) is 11.8 Å². The Morgan fingerprint density at radius 2 is 2.16 bits per heavy atom. The molecule has 19 heavy (non-hydrogen) atoms. The molecule has 1 atom stereocenters. The Balaban J connectivity index is 1.74. The highest BCUT2D eigenvalue weighted by molar-refractivity contribution is 7.99. The van der Waals surface area contributed by atoms with Crippen molar-refractivity contribution >= 4 is 44.8 Å². The quantitative estimate of drug-likeness (QED) is 0.661. The lowest BCUT2D eigenvalue weighted by Gasteiger charge is -2.10. The summed E-state index contributed by atoms with van der Waals surface area (Å²) in [6.45, 7) is 0.758. The van der Waals surface area contributed by atoms with E-state index < -0.39 is 9.84 Å². The number of hydrogen-bond acceptors (Lipinski definition) is 4. The van der Waals surface area contributed by atoms with E-state index in [9.17, 15) is 8.42 Å². The molecule has 1 unspecified atom stereocenters. The third-order valence-corrected chi connectivity index (χ3v) is 6.42. The van der Waals surface area contributed by atoms with Gasteiger partial charge < -0.3 is 5.32 Å². The third-order valence-electron chi connectivity index (χ3n) is 2.92. The van der Waals surface area contributed by atoms with Crippen LogP contribution in [0.5, 0.6) is 0 Å². The molecule has 106 valence electrons. The Labute approximate surface area is 128 Å². The van der Waals surface area contributed by atoms with Gasteiger partial charge in [0.25, 0.3) is 0 Å². The first-order chi connectivity index (χ1) is 8.96. The fourth-order valence-electron chi connectivity index (χ4n) is 1.97. The maximum absolute atomic E-state index is 11.3. The standard InChI is InChI=1S/C12H15Cl2NO2S2/c13-9-1-2-11(14)12(7-9)18-5-4-15-10-3-6-19(16,17)8-10/h1-2,7,10,15H,3-6,8H2. The maximum atomic E-state index is 11.3. The normalized spacial score (nSPS) is 21.7. The van der Waals surface area contributed by atoms with Gasteiger partial charge in [0, 0.05) is 28.3 Å². The second-order valence-electron chi connectivity index (χ2n) is 4.48. The van der Waals surface area contributed by atoms with E-state index >= 15 is 0 Å². The van der Waals surface area contributed by atoms with Crippen molar-refractivity contribution in [2.45, 2.75) is 17.4 Å². The van der Waals surface area contributed by atoms with Crippen LogP contribution >= 0.6 is 35.0 Å². The molecule has 2 rings (SSSR count). The summed E-state index contributed by atoms with van der Waals surface area (Å²) in [6.07, 6.45) is 0.713. The van der Waals surface area contributed by atoms with Crippen LogP contribution in [-0.4, -0.2) is 38.3 Å². The first-order valence-corrected chi connectivity index (χ1v) is 9.54. The molecule has 0 bridgehead atoms. The zero-order chi connectivity index (χ0) is 13.9. The second kappa shape index (κ2) is 6.68. The number of rotatable bonds is 5. The van der Waals surface area contributed by atoms with Crippen LogP contribution in [0.4, 0.5) is 0 Å². The van der Waals surface area contributed by atoms with Crippen molar-refractivity contribution in [1.82, 2.24) is 5.32 Å². The van der Waals surface area contributed by atoms with Crippen molar-refractivity contribution < 1.29 is 8.42 Å². The minimum Gasteiger partial charge on any atom is -0.312 e. The molecule has 1 N–H and O–H groups in total. The molecule has 3 nitrogen and oxygen atoms in total. The van der Waals surface area contributed by atoms with Gasteiger partial charge in [-0.1, -0.05) is 23.2 Å². The average Bonchev–Trinajstić information content (AvgIpc) is 2.69. The summed E-state index contributed by atoms with van der Waals surface area (Å²) in [7, 11) is -2.80. The van der Waals surface area contributed by atoms with Crippen LogP contribution in [0.25, 0.3) is 0 Å². The van der Waals surface area contributed by atoms with Crippen molar-refractivity contribution in [2.24, 2.45) is 0 Å². The van der Waals surface area contributed by atoms with Crippen LogP contribution in [0, 0.1) is 0 Å². The molecule has 0 radical (unpaired) electrons. The molecule has 1 fully saturated rings. The highest BCUT2D eigenvalue weighted by Gasteiger charge is 2.26. The van der Waals surface area contributed by atoms with Gasteiger partial charge in [0.1, 0.15) is 0 Å². The van der Waals surface area contributed by atoms with Crippen molar-refractivity contribution in [3.8, 4) is 0 Å². The van der Waals surface area contributed by atoms with Gasteiger partial charge in [0.15, 0.2) is 9.84 Å². The van der Waals surface area contributed by atoms with E-state index in [1.54, 1.807) is 23.9 Å². The number of nitrogens with one attached hydrogen (secondary N) is 1. The molecule has 1 aromatic rings. The Kier molecular flexibility index (Phi) is 5.43. The first-order valence-electron chi connectivity index (χ1n) is 5.98. The third kappa shape index (κ3) is 4.83. The molecule has 1 aromatic carbocycles. The zero-order valence-corrected chi connectivity index (χ0v) is 13.4. The van der Waals surface area contributed by atoms with Crippen LogP contribution in [0.1, 0.15) is 6.42 Å². The molecule has 1 saturated heterocycles. The van der Waals surface area contributed by atoms with Gasteiger partial charge in [-0.3, -0.25) is 0 Å². The fraction of sp³-hybridized carbons (Fsp3) is 0.500. The highest BCUT2D eigenvalue weighted by atomic mass is 35.5. The van der Waals surface area contributed by atoms with E-state index in [1.807, 2.05) is 6.07 Å². The fourth-order valence-corrected chi connectivity index (χ4v) is 5.05. The summed E-state index contributed by atoms with van der Waals surface area (Å²) in [5.74, 6) is 1.39. The van der Waals surface area contributed by atoms with Gasteiger partial charge in [-0.2, -0.15) is 0 Å². The maximum Gasteiger partial charge on any atom is 0.151 e. The summed E-state index contributed by atoms with van der Waals surface area (Å²) in [5.41, 5.74) is 0. The molecule has 0 aromatic heterocycles. The number of sulfone groups is 1. The Morgan fingerprint density at radius 1 is 1.37 bits per heavy atom. The highest BCUT2D eigenvalue weighted by Crippen LogP contribution is 2.29. The molecular formula is C12H15Cl2NO2S2. The molecular weight excluding hydrogens is 325 g/mol. The Morgan fingerprint density at radius 3 is 2.84 bits per heavy atom. The molecule has 0 aliphatic carbocycles. The summed E-state index contributed by atoms with van der Waals surface area (Å²) >= 11 is 13.6. The van der Waals surface area contributed by atoms with E-state index in [0.29, 0.717) is 22.2 Å². The minimum atomic E-state index is -2.80. The molecule has 1 heterocycles. The van der Waals surface area contributed by atoms with Crippen LogP contribution in [0.15, 0.2) is 23.1 Å². The van der Waals surface area contributed by atoms with Gasteiger partial charge >= 0.3 is 0 Å². The molecule has 0 saturated carbocycles. The Hall–Kier alpha value is 0.0600. The monoisotopic (exact) mass is 339 g/mol. The van der Waals surface area contributed by atoms with E-state index in [2.05, 4.69) is 5.32 Å². The van der Waals surface area contributed by atoms with Gasteiger partial charge in [-0.25, -0.2) is 8.42 Å². The topological polar surface area (TPSA) is 46.2 Å². The summed E-state index contributed by atoms with van der Waals surface area (Å²) < 4.78 is 22.6. The second-order valence-corrected chi connectivity index (χ2v) is 8.69. The smallest absolute Gasteiger partial charge is 0.151 e. The number of thioether (sulfide) groups is 1. The van der Waals surface area contributed by atoms with Gasteiger partial charge in [0.05, 0.1) is 16.5 Å². The summed E-state index contributed by atoms with van der Waals surface area (Å²) in [5, 5.41) is 4.63. The number of halogens is 2. The molecule has 7 heteroatoms.